The largest absolute Gasteiger partial charge is 0.465 e. The van der Waals surface area contributed by atoms with Gasteiger partial charge in [-0.2, -0.15) is 0 Å². The van der Waals surface area contributed by atoms with E-state index in [1.807, 2.05) is 0 Å². The van der Waals surface area contributed by atoms with Crippen LogP contribution in [0.25, 0.3) is 0 Å². The van der Waals surface area contributed by atoms with E-state index in [1.165, 1.54) is 5.57 Å². The van der Waals surface area contributed by atoms with Crippen LogP contribution in [-0.4, -0.2) is 28.2 Å². The minimum atomic E-state index is -0.815. The van der Waals surface area contributed by atoms with Gasteiger partial charge in [0.25, 0.3) is 0 Å². The van der Waals surface area contributed by atoms with Crippen LogP contribution in [0.4, 0.5) is 0 Å². The maximum Gasteiger partial charge on any atom is 0.141 e. The Morgan fingerprint density at radius 1 is 1.24 bits per heavy atom. The number of hydrogen-bond acceptors (Lipinski definition) is 5. The van der Waals surface area contributed by atoms with Crippen molar-refractivity contribution in [3.05, 3.63) is 34.3 Å². The van der Waals surface area contributed by atoms with E-state index in [0.29, 0.717) is 18.0 Å². The van der Waals surface area contributed by atoms with Crippen molar-refractivity contribution in [3.63, 3.8) is 0 Å². The van der Waals surface area contributed by atoms with E-state index in [4.69, 9.17) is 9.15 Å². The SMILES string of the molecule is CC12CCC3=C(C(O)c4occ5c4C3(C)C3OC3C5O)C1CCC2=O. The van der Waals surface area contributed by atoms with Crippen molar-refractivity contribution in [3.8, 4) is 0 Å². The van der Waals surface area contributed by atoms with Crippen LogP contribution < -0.4 is 0 Å². The lowest BCUT2D eigenvalue weighted by Crippen LogP contribution is -2.47. The minimum Gasteiger partial charge on any atom is -0.465 e. The molecule has 132 valence electrons. The van der Waals surface area contributed by atoms with Crippen LogP contribution in [0.5, 0.6) is 0 Å². The maximum absolute atomic E-state index is 12.5. The van der Waals surface area contributed by atoms with Crippen molar-refractivity contribution >= 4 is 5.78 Å². The van der Waals surface area contributed by atoms with Gasteiger partial charge in [-0.15, -0.1) is 0 Å². The molecule has 7 atom stereocenters. The average molecular weight is 342 g/mol. The fourth-order valence-corrected chi connectivity index (χ4v) is 6.51. The van der Waals surface area contributed by atoms with E-state index in [-0.39, 0.29) is 29.0 Å². The Morgan fingerprint density at radius 3 is 2.84 bits per heavy atom. The van der Waals surface area contributed by atoms with Gasteiger partial charge in [-0.25, -0.2) is 0 Å². The van der Waals surface area contributed by atoms with Gasteiger partial charge in [0.05, 0.1) is 6.26 Å². The summed E-state index contributed by atoms with van der Waals surface area (Å²) in [7, 11) is 0. The van der Waals surface area contributed by atoms with E-state index in [0.717, 1.165) is 36.0 Å². The van der Waals surface area contributed by atoms with E-state index in [9.17, 15) is 15.0 Å². The third kappa shape index (κ3) is 1.40. The van der Waals surface area contributed by atoms with Crippen LogP contribution in [0.3, 0.4) is 0 Å². The van der Waals surface area contributed by atoms with Gasteiger partial charge in [-0.05, 0) is 37.7 Å². The molecule has 5 aliphatic rings. The van der Waals surface area contributed by atoms with Crippen molar-refractivity contribution in [2.75, 3.05) is 0 Å². The fourth-order valence-electron chi connectivity index (χ4n) is 6.51. The molecule has 5 nitrogen and oxygen atoms in total. The number of aliphatic hydroxyl groups excluding tert-OH is 2. The van der Waals surface area contributed by atoms with E-state index < -0.39 is 12.2 Å². The lowest BCUT2D eigenvalue weighted by molar-refractivity contribution is -0.126. The first-order valence-corrected chi connectivity index (χ1v) is 9.29. The maximum atomic E-state index is 12.5. The van der Waals surface area contributed by atoms with Crippen molar-refractivity contribution in [2.45, 2.75) is 69.4 Å². The number of Topliss-reactive ketones (excluding diaryl/α,β-unsaturated/α-hetero) is 1. The smallest absolute Gasteiger partial charge is 0.141 e. The van der Waals surface area contributed by atoms with Gasteiger partial charge in [0.15, 0.2) is 0 Å². The van der Waals surface area contributed by atoms with Crippen molar-refractivity contribution < 1.29 is 24.2 Å². The highest BCUT2D eigenvalue weighted by Crippen LogP contribution is 2.67. The van der Waals surface area contributed by atoms with E-state index >= 15 is 0 Å². The second-order valence-electron chi connectivity index (χ2n) is 8.87. The number of epoxide rings is 1. The Labute approximate surface area is 145 Å². The second-order valence-corrected chi connectivity index (χ2v) is 8.87. The predicted molar refractivity (Wildman–Crippen MR) is 86.7 cm³/mol. The summed E-state index contributed by atoms with van der Waals surface area (Å²) >= 11 is 0. The molecule has 2 fully saturated rings. The molecule has 1 aromatic rings. The summed E-state index contributed by atoms with van der Waals surface area (Å²) in [5, 5.41) is 21.7. The molecular formula is C20H22O5. The molecule has 4 aliphatic carbocycles. The molecule has 2 N–H and O–H groups in total. The number of ketones is 1. The van der Waals surface area contributed by atoms with Crippen molar-refractivity contribution in [1.29, 1.82) is 0 Å². The first kappa shape index (κ1) is 14.7. The lowest BCUT2D eigenvalue weighted by Gasteiger charge is -2.49. The van der Waals surface area contributed by atoms with Crippen molar-refractivity contribution in [1.82, 2.24) is 0 Å². The van der Waals surface area contributed by atoms with E-state index in [2.05, 4.69) is 13.8 Å². The standard InChI is InChI=1S/C20H22O5/c1-19-6-5-10-12(9(19)3-4-11(19)21)15(23)16-13-8(7-24-16)14(22)17-18(25-17)20(10,13)2/h7,9,14-15,17-18,22-23H,3-6H2,1-2H3. The molecule has 0 spiro atoms. The molecule has 5 heteroatoms. The number of fused-ring (bicyclic) bond motifs is 5. The van der Waals surface area contributed by atoms with Crippen LogP contribution >= 0.6 is 0 Å². The summed E-state index contributed by atoms with van der Waals surface area (Å²) in [6.45, 7) is 4.23. The monoisotopic (exact) mass is 342 g/mol. The molecule has 1 saturated heterocycles. The molecule has 1 aliphatic heterocycles. The van der Waals surface area contributed by atoms with Crippen LogP contribution in [0.15, 0.2) is 21.8 Å². The molecule has 0 bridgehead atoms. The third-order valence-electron chi connectivity index (χ3n) is 7.95. The molecule has 0 aromatic carbocycles. The number of furan rings is 1. The summed E-state index contributed by atoms with van der Waals surface area (Å²) in [5.74, 6) is 0.959. The summed E-state index contributed by atoms with van der Waals surface area (Å²) in [6.07, 6.45) is 2.88. The Balaban J connectivity index is 1.62. The zero-order chi connectivity index (χ0) is 17.3. The molecule has 7 unspecified atom stereocenters. The molecule has 2 heterocycles. The second kappa shape index (κ2) is 4.11. The molecule has 6 rings (SSSR count). The Morgan fingerprint density at radius 2 is 2.04 bits per heavy atom. The predicted octanol–water partition coefficient (Wildman–Crippen LogP) is 2.47. The number of hydrogen-bond donors (Lipinski definition) is 2. The lowest BCUT2D eigenvalue weighted by atomic mass is 9.54. The zero-order valence-electron chi connectivity index (χ0n) is 14.4. The highest BCUT2D eigenvalue weighted by atomic mass is 16.6. The van der Waals surface area contributed by atoms with Gasteiger partial charge in [0.1, 0.15) is 36.0 Å². The summed E-state index contributed by atoms with van der Waals surface area (Å²) in [5.41, 5.74) is 3.20. The van der Waals surface area contributed by atoms with Gasteiger partial charge < -0.3 is 19.4 Å². The Bertz CT molecular complexity index is 865. The quantitative estimate of drug-likeness (QED) is 0.559. The summed E-state index contributed by atoms with van der Waals surface area (Å²) in [4.78, 5) is 12.5. The molecular weight excluding hydrogens is 320 g/mol. The third-order valence-corrected chi connectivity index (χ3v) is 7.95. The van der Waals surface area contributed by atoms with Gasteiger partial charge in [-0.1, -0.05) is 12.5 Å². The van der Waals surface area contributed by atoms with Crippen molar-refractivity contribution in [2.24, 2.45) is 11.3 Å². The van der Waals surface area contributed by atoms with Crippen LogP contribution in [0.2, 0.25) is 0 Å². The summed E-state index contributed by atoms with van der Waals surface area (Å²) in [6, 6.07) is 0. The van der Waals surface area contributed by atoms with Gasteiger partial charge in [0, 0.05) is 28.4 Å². The molecule has 1 saturated carbocycles. The average Bonchev–Trinajstić information content (AvgIpc) is 3.19. The van der Waals surface area contributed by atoms with Crippen LogP contribution in [0, 0.1) is 11.3 Å². The molecule has 1 aromatic heterocycles. The zero-order valence-corrected chi connectivity index (χ0v) is 14.4. The van der Waals surface area contributed by atoms with Crippen LogP contribution in [-0.2, 0) is 14.9 Å². The Hall–Kier alpha value is -1.43. The molecule has 25 heavy (non-hydrogen) atoms. The molecule has 0 amide bonds. The first-order valence-electron chi connectivity index (χ1n) is 9.29. The number of carbonyl (C=O) groups excluding carboxylic acids is 1. The van der Waals surface area contributed by atoms with Crippen LogP contribution in [0.1, 0.15) is 68.6 Å². The normalized spacial score (nSPS) is 49.4. The van der Waals surface area contributed by atoms with E-state index in [1.54, 1.807) is 6.26 Å². The topological polar surface area (TPSA) is 83.2 Å². The number of ether oxygens (including phenoxy) is 1. The van der Waals surface area contributed by atoms with Gasteiger partial charge >= 0.3 is 0 Å². The highest BCUT2D eigenvalue weighted by Gasteiger charge is 2.67. The fraction of sp³-hybridized carbons (Fsp3) is 0.650. The minimum absolute atomic E-state index is 0.0645. The summed E-state index contributed by atoms with van der Waals surface area (Å²) < 4.78 is 11.7. The first-order chi connectivity index (χ1) is 11.9. The molecule has 0 radical (unpaired) electrons. The highest BCUT2D eigenvalue weighted by molar-refractivity contribution is 5.88. The van der Waals surface area contributed by atoms with Gasteiger partial charge in [-0.3, -0.25) is 4.79 Å². The number of rotatable bonds is 0. The Kier molecular flexibility index (Phi) is 2.42. The van der Waals surface area contributed by atoms with Gasteiger partial charge in [0.2, 0.25) is 0 Å². The number of aliphatic hydroxyl groups is 2. The number of carbonyl (C=O) groups is 1.